The number of amides is 1. The number of hydrogen-bond donors (Lipinski definition) is 2. The van der Waals surface area contributed by atoms with Crippen LogP contribution in [0.4, 0.5) is 4.79 Å². The molecule has 1 rings (SSSR count). The average molecular weight is 354 g/mol. The van der Waals surface area contributed by atoms with Crippen LogP contribution >= 0.6 is 0 Å². The summed E-state index contributed by atoms with van der Waals surface area (Å²) in [5, 5.41) is 0. The highest BCUT2D eigenvalue weighted by molar-refractivity contribution is 5.69. The van der Waals surface area contributed by atoms with Gasteiger partial charge in [-0.05, 0) is 39.3 Å². The molecule has 0 spiro atoms. The van der Waals surface area contributed by atoms with Gasteiger partial charge in [-0.3, -0.25) is 5.43 Å². The summed E-state index contributed by atoms with van der Waals surface area (Å²) in [5.41, 5.74) is 5.11. The van der Waals surface area contributed by atoms with Gasteiger partial charge in [-0.1, -0.05) is 25.1 Å². The van der Waals surface area contributed by atoms with Crippen molar-refractivity contribution in [1.29, 1.82) is 0 Å². The highest BCUT2D eigenvalue weighted by atomic mass is 16.7. The van der Waals surface area contributed by atoms with Gasteiger partial charge in [0.25, 0.3) is 0 Å². The Labute approximate surface area is 149 Å². The predicted molar refractivity (Wildman–Crippen MR) is 95.3 cm³/mol. The summed E-state index contributed by atoms with van der Waals surface area (Å²) in [7, 11) is 0. The van der Waals surface area contributed by atoms with Crippen molar-refractivity contribution in [3.63, 3.8) is 0 Å². The summed E-state index contributed by atoms with van der Waals surface area (Å²) in [6, 6.07) is 8.61. The zero-order valence-electron chi connectivity index (χ0n) is 15.5. The van der Waals surface area contributed by atoms with Crippen LogP contribution in [0.15, 0.2) is 30.3 Å². The van der Waals surface area contributed by atoms with Crippen molar-refractivity contribution < 1.29 is 23.7 Å². The van der Waals surface area contributed by atoms with E-state index in [0.29, 0.717) is 25.6 Å². The Balaban J connectivity index is 2.34. The Hall–Kier alpha value is -1.67. The highest BCUT2D eigenvalue weighted by Gasteiger charge is 2.14. The molecule has 0 saturated carbocycles. The van der Waals surface area contributed by atoms with E-state index in [1.165, 1.54) is 0 Å². The van der Waals surface area contributed by atoms with Gasteiger partial charge in [0, 0.05) is 6.61 Å². The first-order valence-electron chi connectivity index (χ1n) is 8.48. The van der Waals surface area contributed by atoms with Gasteiger partial charge < -0.3 is 18.9 Å². The van der Waals surface area contributed by atoms with Crippen molar-refractivity contribution in [3.05, 3.63) is 30.3 Å². The molecule has 1 unspecified atom stereocenters. The quantitative estimate of drug-likeness (QED) is 0.361. The van der Waals surface area contributed by atoms with Gasteiger partial charge in [-0.15, -0.1) is 0 Å². The molecule has 25 heavy (non-hydrogen) atoms. The van der Waals surface area contributed by atoms with Crippen LogP contribution < -0.4 is 15.6 Å². The summed E-state index contributed by atoms with van der Waals surface area (Å²) in [6.07, 6.45) is 0.321. The third-order valence-electron chi connectivity index (χ3n) is 2.89. The molecule has 1 atom stereocenters. The van der Waals surface area contributed by atoms with Gasteiger partial charge in [0.15, 0.2) is 0 Å². The van der Waals surface area contributed by atoms with Gasteiger partial charge in [0.1, 0.15) is 12.5 Å². The second-order valence-corrected chi connectivity index (χ2v) is 6.49. The Morgan fingerprint density at radius 1 is 1.12 bits per heavy atom. The van der Waals surface area contributed by atoms with E-state index in [9.17, 15) is 4.79 Å². The second-order valence-electron chi connectivity index (χ2n) is 6.49. The maximum atomic E-state index is 11.8. The third kappa shape index (κ3) is 11.5. The fraction of sp³-hybridized carbons (Fsp3) is 0.611. The monoisotopic (exact) mass is 354 g/mol. The second kappa shape index (κ2) is 11.8. The molecule has 0 radical (unpaired) electrons. The van der Waals surface area contributed by atoms with Crippen molar-refractivity contribution in [1.82, 2.24) is 10.9 Å². The molecule has 2 N–H and O–H groups in total. The van der Waals surface area contributed by atoms with Crippen molar-refractivity contribution in [3.8, 4) is 5.75 Å². The van der Waals surface area contributed by atoms with Crippen LogP contribution in [0.3, 0.4) is 0 Å². The maximum Gasteiger partial charge on any atom is 0.427 e. The molecule has 0 heterocycles. The molecule has 0 saturated heterocycles. The normalized spacial score (nSPS) is 12.6. The summed E-state index contributed by atoms with van der Waals surface area (Å²) in [5.74, 6) is 0.468. The number of carbonyl (C=O) groups excluding carboxylic acids is 1. The van der Waals surface area contributed by atoms with Gasteiger partial charge in [0.05, 0.1) is 24.9 Å². The lowest BCUT2D eigenvalue weighted by Crippen LogP contribution is -2.49. The average Bonchev–Trinajstić information content (AvgIpc) is 2.56. The van der Waals surface area contributed by atoms with E-state index < -0.39 is 6.09 Å². The Morgan fingerprint density at radius 3 is 2.44 bits per heavy atom. The van der Waals surface area contributed by atoms with E-state index in [-0.39, 0.29) is 18.4 Å². The van der Waals surface area contributed by atoms with Crippen molar-refractivity contribution >= 4 is 6.09 Å². The molecule has 1 amide bonds. The van der Waals surface area contributed by atoms with Gasteiger partial charge in [-0.25, -0.2) is 10.2 Å². The molecular formula is C18H30N2O5. The summed E-state index contributed by atoms with van der Waals surface area (Å²) in [4.78, 5) is 11.8. The van der Waals surface area contributed by atoms with Crippen molar-refractivity contribution in [2.75, 3.05) is 26.6 Å². The van der Waals surface area contributed by atoms with Gasteiger partial charge in [0.2, 0.25) is 0 Å². The molecule has 142 valence electrons. The number of para-hydroxylation sites is 1. The lowest BCUT2D eigenvalue weighted by Gasteiger charge is -2.22. The van der Waals surface area contributed by atoms with Crippen LogP contribution in [0, 0.1) is 0 Å². The Kier molecular flexibility index (Phi) is 10.1. The van der Waals surface area contributed by atoms with Crippen LogP contribution in [-0.2, 0) is 14.2 Å². The van der Waals surface area contributed by atoms with E-state index in [0.717, 1.165) is 6.42 Å². The van der Waals surface area contributed by atoms with Crippen LogP contribution in [0.5, 0.6) is 5.75 Å². The van der Waals surface area contributed by atoms with Crippen molar-refractivity contribution in [2.24, 2.45) is 0 Å². The SMILES string of the molecule is CCCOCC(COCOC(C)(C)C)NNC(=O)Oc1ccccc1. The van der Waals surface area contributed by atoms with Crippen LogP contribution in [-0.4, -0.2) is 44.3 Å². The molecule has 0 bridgehead atoms. The lowest BCUT2D eigenvalue weighted by atomic mass is 10.2. The van der Waals surface area contributed by atoms with E-state index in [1.54, 1.807) is 24.3 Å². The number of ether oxygens (including phenoxy) is 4. The molecular weight excluding hydrogens is 324 g/mol. The zero-order valence-corrected chi connectivity index (χ0v) is 15.5. The third-order valence-corrected chi connectivity index (χ3v) is 2.89. The number of nitrogens with one attached hydrogen (secondary N) is 2. The first-order valence-corrected chi connectivity index (χ1v) is 8.48. The molecule has 0 aliphatic carbocycles. The van der Waals surface area contributed by atoms with Gasteiger partial charge >= 0.3 is 6.09 Å². The Morgan fingerprint density at radius 2 is 1.80 bits per heavy atom. The summed E-state index contributed by atoms with van der Waals surface area (Å²) >= 11 is 0. The minimum atomic E-state index is -0.599. The number of hydrogen-bond acceptors (Lipinski definition) is 6. The standard InChI is InChI=1S/C18H30N2O5/c1-5-11-22-12-15(13-23-14-24-18(2,3)4)19-20-17(21)25-16-9-7-6-8-10-16/h6-10,15,19H,5,11-14H2,1-4H3,(H,20,21). The van der Waals surface area contributed by atoms with E-state index in [1.807, 2.05) is 33.8 Å². The number of carbonyl (C=O) groups is 1. The minimum Gasteiger partial charge on any atom is -0.409 e. The molecule has 0 aromatic heterocycles. The summed E-state index contributed by atoms with van der Waals surface area (Å²) < 4.78 is 21.7. The summed E-state index contributed by atoms with van der Waals surface area (Å²) in [6.45, 7) is 9.44. The smallest absolute Gasteiger partial charge is 0.409 e. The zero-order chi connectivity index (χ0) is 18.5. The topological polar surface area (TPSA) is 78.0 Å². The van der Waals surface area contributed by atoms with Crippen LogP contribution in [0.25, 0.3) is 0 Å². The first kappa shape index (κ1) is 21.4. The number of rotatable bonds is 11. The van der Waals surface area contributed by atoms with E-state index >= 15 is 0 Å². The molecule has 0 aliphatic heterocycles. The largest absolute Gasteiger partial charge is 0.427 e. The molecule has 7 nitrogen and oxygen atoms in total. The van der Waals surface area contributed by atoms with Crippen molar-refractivity contribution in [2.45, 2.75) is 45.8 Å². The Bertz CT molecular complexity index is 476. The van der Waals surface area contributed by atoms with Crippen LogP contribution in [0.1, 0.15) is 34.1 Å². The first-order chi connectivity index (χ1) is 11.9. The highest BCUT2D eigenvalue weighted by Crippen LogP contribution is 2.08. The molecule has 1 aromatic carbocycles. The molecule has 1 aromatic rings. The van der Waals surface area contributed by atoms with E-state index in [2.05, 4.69) is 10.9 Å². The molecule has 0 aliphatic rings. The fourth-order valence-electron chi connectivity index (χ4n) is 1.69. The fourth-order valence-corrected chi connectivity index (χ4v) is 1.69. The number of benzene rings is 1. The molecule has 0 fully saturated rings. The van der Waals surface area contributed by atoms with Crippen LogP contribution in [0.2, 0.25) is 0 Å². The predicted octanol–water partition coefficient (Wildman–Crippen LogP) is 2.86. The van der Waals surface area contributed by atoms with E-state index in [4.69, 9.17) is 18.9 Å². The molecule has 7 heteroatoms. The minimum absolute atomic E-state index is 0.171. The van der Waals surface area contributed by atoms with Gasteiger partial charge in [-0.2, -0.15) is 0 Å². The lowest BCUT2D eigenvalue weighted by molar-refractivity contribution is -0.126. The maximum absolute atomic E-state index is 11.8. The number of hydrazine groups is 1.